The number of halogens is 1. The van der Waals surface area contributed by atoms with Gasteiger partial charge in [-0.05, 0) is 79.5 Å². The number of hydrogen-bond donors (Lipinski definition) is 0. The van der Waals surface area contributed by atoms with Crippen LogP contribution in [0.3, 0.4) is 0 Å². The van der Waals surface area contributed by atoms with E-state index in [0.717, 1.165) is 73.6 Å². The van der Waals surface area contributed by atoms with Crippen molar-refractivity contribution < 1.29 is 13.7 Å². The second-order valence-corrected chi connectivity index (χ2v) is 11.5. The molecule has 0 saturated heterocycles. The summed E-state index contributed by atoms with van der Waals surface area (Å²) >= 11 is 6.35. The minimum atomic E-state index is -1.53. The van der Waals surface area contributed by atoms with Gasteiger partial charge in [0.25, 0.3) is 5.91 Å². The molecule has 0 N–H and O–H groups in total. The van der Waals surface area contributed by atoms with Crippen LogP contribution in [-0.2, 0) is 27.8 Å². The molecule has 3 aliphatic rings. The average molecular weight is 512 g/mol. The van der Waals surface area contributed by atoms with Crippen LogP contribution >= 0.6 is 11.6 Å². The van der Waals surface area contributed by atoms with Crippen molar-refractivity contribution in [2.45, 2.75) is 57.9 Å². The van der Waals surface area contributed by atoms with Crippen molar-refractivity contribution >= 4 is 33.8 Å². The summed E-state index contributed by atoms with van der Waals surface area (Å²) in [7, 11) is -1.53. The number of allylic oxidation sites excluding steroid dienone is 2. The van der Waals surface area contributed by atoms with Crippen molar-refractivity contribution in [1.82, 2.24) is 0 Å². The fraction of sp³-hybridized carbons (Fsp3) is 0.464. The highest BCUT2D eigenvalue weighted by molar-refractivity contribution is 7.75. The zero-order valence-electron chi connectivity index (χ0n) is 20.2. The average Bonchev–Trinajstić information content (AvgIpc) is 3.01. The predicted octanol–water partition coefficient (Wildman–Crippen LogP) is 6.82. The van der Waals surface area contributed by atoms with Gasteiger partial charge in [0, 0.05) is 29.6 Å². The Bertz CT molecular complexity index is 1230. The van der Waals surface area contributed by atoms with E-state index in [2.05, 4.69) is 40.5 Å². The fourth-order valence-electron chi connectivity index (χ4n) is 5.45. The molecular weight excluding hydrogens is 480 g/mol. The van der Waals surface area contributed by atoms with E-state index < -0.39 is 16.5 Å². The van der Waals surface area contributed by atoms with Gasteiger partial charge in [0.1, 0.15) is 5.75 Å². The van der Waals surface area contributed by atoms with E-state index in [4.69, 9.17) is 16.3 Å². The maximum absolute atomic E-state index is 13.3. The molecule has 3 heterocycles. The van der Waals surface area contributed by atoms with Gasteiger partial charge < -0.3 is 18.2 Å². The van der Waals surface area contributed by atoms with Gasteiger partial charge in [-0.15, -0.1) is 0 Å². The van der Waals surface area contributed by atoms with Crippen LogP contribution in [0.5, 0.6) is 5.75 Å². The number of nitrogens with zero attached hydrogens (tertiary/aromatic N) is 2. The van der Waals surface area contributed by atoms with Crippen molar-refractivity contribution in [3.8, 4) is 5.75 Å². The molecule has 0 fully saturated rings. The molecule has 2 aromatic rings. The van der Waals surface area contributed by atoms with Crippen LogP contribution in [0.1, 0.15) is 72.0 Å². The third kappa shape index (κ3) is 5.44. The maximum Gasteiger partial charge on any atom is 0.254 e. The Balaban J connectivity index is 1.70. The number of hydrogen-bond acceptors (Lipinski definition) is 5. The van der Waals surface area contributed by atoms with E-state index in [9.17, 15) is 9.00 Å². The summed E-state index contributed by atoms with van der Waals surface area (Å²) in [6.07, 6.45) is 10.1. The molecule has 5 nitrogen and oxygen atoms in total. The standard InChI is InChI=1S/C28H32ClN2O3S/c1-19-6-4-8-20-9-5-14-31-17-22-10-11-23(29)16-21(22)7-2-3-15-34-25-13-12-24(26(20)27(25)31)28(32)30-35(33)18-19/h4,8,10-13,16,19-20H,2-3,5-7,9,14-15,17-18H2,1H3/q-1/b8-4+/t19-,20-/m0/s1. The van der Waals surface area contributed by atoms with E-state index in [1.807, 2.05) is 18.2 Å². The van der Waals surface area contributed by atoms with E-state index in [-0.39, 0.29) is 11.8 Å². The van der Waals surface area contributed by atoms with E-state index in [1.54, 1.807) is 0 Å². The lowest BCUT2D eigenvalue weighted by atomic mass is 9.88. The lowest BCUT2D eigenvalue weighted by molar-refractivity contribution is 0.100. The highest BCUT2D eigenvalue weighted by Gasteiger charge is 2.30. The molecule has 1 amide bonds. The Morgan fingerprint density at radius 3 is 2.91 bits per heavy atom. The van der Waals surface area contributed by atoms with E-state index in [0.29, 0.717) is 17.9 Å². The lowest BCUT2D eigenvalue weighted by Gasteiger charge is -2.29. The molecule has 2 atom stereocenters. The molecule has 3 aliphatic heterocycles. The van der Waals surface area contributed by atoms with Crippen LogP contribution in [0.25, 0.3) is 0 Å². The molecule has 7 heteroatoms. The van der Waals surface area contributed by atoms with Crippen molar-refractivity contribution in [3.63, 3.8) is 0 Å². The SMILES string of the molecule is C[C@H]1C/C=C/[C@H]2CCCN3Cc4ccc(Cl)cc4CCCCOc4ccc(c2c43)C(=O)N=[S-](=O)C1. The molecule has 0 unspecified atom stereocenters. The lowest BCUT2D eigenvalue weighted by Crippen LogP contribution is -2.25. The first-order chi connectivity index (χ1) is 17.0. The Labute approximate surface area is 214 Å². The third-order valence-electron chi connectivity index (χ3n) is 7.19. The zero-order chi connectivity index (χ0) is 24.4. The Hall–Kier alpha value is -2.31. The van der Waals surface area contributed by atoms with Crippen LogP contribution in [0.2, 0.25) is 5.02 Å². The summed E-state index contributed by atoms with van der Waals surface area (Å²) in [4.78, 5) is 15.7. The van der Waals surface area contributed by atoms with Gasteiger partial charge >= 0.3 is 0 Å². The summed E-state index contributed by atoms with van der Waals surface area (Å²) in [5, 5.41) is 0.763. The molecule has 5 rings (SSSR count). The van der Waals surface area contributed by atoms with Crippen molar-refractivity contribution in [1.29, 1.82) is 0 Å². The predicted molar refractivity (Wildman–Crippen MR) is 142 cm³/mol. The number of benzene rings is 2. The van der Waals surface area contributed by atoms with Crippen LogP contribution in [0.15, 0.2) is 46.8 Å². The largest absolute Gasteiger partial charge is 0.491 e. The first kappa shape index (κ1) is 24.4. The molecule has 0 bridgehead atoms. The summed E-state index contributed by atoms with van der Waals surface area (Å²) in [6, 6.07) is 9.93. The van der Waals surface area contributed by atoms with Crippen molar-refractivity contribution in [3.05, 3.63) is 69.8 Å². The van der Waals surface area contributed by atoms with Gasteiger partial charge in [-0.2, -0.15) is 10.6 Å². The molecule has 0 spiro atoms. The molecule has 186 valence electrons. The number of fused-ring (bicyclic) bond motifs is 1. The number of ether oxygens (including phenoxy) is 1. The number of rotatable bonds is 0. The molecule has 0 aromatic heterocycles. The molecule has 0 aliphatic carbocycles. The van der Waals surface area contributed by atoms with Crippen LogP contribution < -0.4 is 9.64 Å². The number of carbonyl (C=O) groups excluding carboxylic acids is 1. The van der Waals surface area contributed by atoms with Crippen LogP contribution in [0.4, 0.5) is 5.69 Å². The second-order valence-electron chi connectivity index (χ2n) is 9.92. The zero-order valence-corrected chi connectivity index (χ0v) is 21.7. The highest BCUT2D eigenvalue weighted by atomic mass is 35.5. The summed E-state index contributed by atoms with van der Waals surface area (Å²) in [6.45, 7) is 4.28. The van der Waals surface area contributed by atoms with Crippen molar-refractivity contribution in [2.24, 2.45) is 10.3 Å². The van der Waals surface area contributed by atoms with Crippen LogP contribution in [-0.4, -0.2) is 24.8 Å². The Morgan fingerprint density at radius 1 is 1.14 bits per heavy atom. The molecule has 0 radical (unpaired) electrons. The van der Waals surface area contributed by atoms with Gasteiger partial charge in [0.05, 0.1) is 12.3 Å². The maximum atomic E-state index is 13.3. The minimum Gasteiger partial charge on any atom is -0.491 e. The highest BCUT2D eigenvalue weighted by Crippen LogP contribution is 2.45. The van der Waals surface area contributed by atoms with Gasteiger partial charge in [-0.25, -0.2) is 0 Å². The van der Waals surface area contributed by atoms with Gasteiger partial charge in [0.15, 0.2) is 0 Å². The normalized spacial score (nSPS) is 24.4. The molecular formula is C28H32ClN2O3S-. The van der Waals surface area contributed by atoms with Crippen LogP contribution in [0, 0.1) is 5.92 Å². The van der Waals surface area contributed by atoms with Gasteiger partial charge in [-0.1, -0.05) is 48.4 Å². The Morgan fingerprint density at radius 2 is 2.03 bits per heavy atom. The molecule has 35 heavy (non-hydrogen) atoms. The number of aryl methyl sites for hydroxylation is 1. The number of anilines is 1. The molecule has 0 saturated carbocycles. The first-order valence-corrected chi connectivity index (χ1v) is 14.3. The second kappa shape index (κ2) is 10.8. The van der Waals surface area contributed by atoms with E-state index in [1.165, 1.54) is 11.1 Å². The smallest absolute Gasteiger partial charge is 0.254 e. The van der Waals surface area contributed by atoms with Crippen molar-refractivity contribution in [2.75, 3.05) is 23.8 Å². The van der Waals surface area contributed by atoms with Gasteiger partial charge in [0.2, 0.25) is 0 Å². The quantitative estimate of drug-likeness (QED) is 0.287. The topological polar surface area (TPSA) is 59.0 Å². The third-order valence-corrected chi connectivity index (χ3v) is 8.65. The minimum absolute atomic E-state index is 0.0845. The summed E-state index contributed by atoms with van der Waals surface area (Å²) < 4.78 is 23.1. The number of amides is 1. The summed E-state index contributed by atoms with van der Waals surface area (Å²) in [5.74, 6) is 1.11. The Kier molecular flexibility index (Phi) is 7.49. The summed E-state index contributed by atoms with van der Waals surface area (Å²) in [5.41, 5.74) is 5.03. The first-order valence-electron chi connectivity index (χ1n) is 12.6. The van der Waals surface area contributed by atoms with Gasteiger partial charge in [-0.3, -0.25) is 4.79 Å². The molecule has 2 aromatic carbocycles. The van der Waals surface area contributed by atoms with E-state index >= 15 is 0 Å². The monoisotopic (exact) mass is 511 g/mol. The number of carbonyl (C=O) groups is 1. The fourth-order valence-corrected chi connectivity index (χ4v) is 6.63.